The number of nitrogens with two attached hydrogens (primary N) is 1. The number of carbonyl (C=O) groups excluding carboxylic acids is 2. The molecule has 0 saturated heterocycles. The fraction of sp³-hybridized carbons (Fsp3) is 0.750. The van der Waals surface area contributed by atoms with Gasteiger partial charge in [0.15, 0.2) is 0 Å². The van der Waals surface area contributed by atoms with Gasteiger partial charge in [0.1, 0.15) is 18.8 Å². The molecule has 0 radical (unpaired) electrons. The summed E-state index contributed by atoms with van der Waals surface area (Å²) >= 11 is 0. The van der Waals surface area contributed by atoms with E-state index < -0.39 is 42.0 Å². The number of carboxylic acids is 1. The highest BCUT2D eigenvalue weighted by molar-refractivity contribution is 5.82. The smallest absolute Gasteiger partial charge is 0.324 e. The molecule has 122 valence electrons. The molecule has 0 saturated carbocycles. The minimum absolute atomic E-state index is 0.0848. The van der Waals surface area contributed by atoms with Gasteiger partial charge in [0.25, 0.3) is 0 Å². The van der Waals surface area contributed by atoms with Gasteiger partial charge in [-0.05, 0) is 0 Å². The average molecular weight is 306 g/mol. The molecular weight excluding hydrogens is 284 g/mol. The van der Waals surface area contributed by atoms with E-state index in [2.05, 4.69) is 10.1 Å². The summed E-state index contributed by atoms with van der Waals surface area (Å²) in [5.74, 6) is -2.72. The van der Waals surface area contributed by atoms with Gasteiger partial charge in [-0.25, -0.2) is 0 Å². The van der Waals surface area contributed by atoms with Gasteiger partial charge in [-0.15, -0.1) is 0 Å². The number of ether oxygens (including phenoxy) is 1. The first-order valence-corrected chi connectivity index (χ1v) is 6.32. The number of carboxylic acid groups (broad SMARTS) is 1. The standard InChI is InChI=1S/C12H22N2O7/c1-12(2,6-15)9(17)10(18)14-4-3-8(16)21-5-7(13)11(19)20/h7,9,15,17H,3-6,13H2,1-2H3,(H,14,18)(H,19,20)/t7-,9-/m0/s1. The van der Waals surface area contributed by atoms with Crippen molar-refractivity contribution in [3.8, 4) is 0 Å². The Balaban J connectivity index is 4.01. The Kier molecular flexibility index (Phi) is 7.85. The van der Waals surface area contributed by atoms with Gasteiger partial charge < -0.3 is 31.1 Å². The molecule has 0 spiro atoms. The zero-order valence-corrected chi connectivity index (χ0v) is 12.0. The van der Waals surface area contributed by atoms with Crippen LogP contribution in [0.3, 0.4) is 0 Å². The number of carbonyl (C=O) groups is 3. The van der Waals surface area contributed by atoms with E-state index >= 15 is 0 Å². The number of aliphatic carboxylic acids is 1. The minimum atomic E-state index is -1.42. The van der Waals surface area contributed by atoms with Gasteiger partial charge in [0.05, 0.1) is 13.0 Å². The first-order valence-electron chi connectivity index (χ1n) is 6.32. The number of hydrogen-bond donors (Lipinski definition) is 5. The van der Waals surface area contributed by atoms with Gasteiger partial charge >= 0.3 is 11.9 Å². The molecule has 2 atom stereocenters. The molecule has 0 aliphatic heterocycles. The molecule has 21 heavy (non-hydrogen) atoms. The number of esters is 1. The minimum Gasteiger partial charge on any atom is -0.480 e. The SMILES string of the molecule is CC(C)(CO)[C@@H](O)C(=O)NCCC(=O)OC[C@H](N)C(=O)O. The molecule has 0 bridgehead atoms. The van der Waals surface area contributed by atoms with E-state index in [0.717, 1.165) is 0 Å². The number of rotatable bonds is 9. The van der Waals surface area contributed by atoms with Crippen molar-refractivity contribution in [2.24, 2.45) is 11.1 Å². The average Bonchev–Trinajstić information content (AvgIpc) is 2.43. The van der Waals surface area contributed by atoms with Crippen molar-refractivity contribution in [3.05, 3.63) is 0 Å². The van der Waals surface area contributed by atoms with Crippen LogP contribution in [0.2, 0.25) is 0 Å². The van der Waals surface area contributed by atoms with Crippen LogP contribution < -0.4 is 11.1 Å². The molecule has 1 amide bonds. The number of aliphatic hydroxyl groups excluding tert-OH is 2. The number of amides is 1. The third kappa shape index (κ3) is 7.02. The molecule has 0 unspecified atom stereocenters. The maximum atomic E-state index is 11.6. The molecule has 9 heteroatoms. The summed E-state index contributed by atoms with van der Waals surface area (Å²) in [6.45, 7) is 2.11. The second-order valence-electron chi connectivity index (χ2n) is 5.22. The summed E-state index contributed by atoms with van der Waals surface area (Å²) in [5, 5.41) is 29.5. The van der Waals surface area contributed by atoms with Crippen LogP contribution >= 0.6 is 0 Å². The predicted molar refractivity (Wildman–Crippen MR) is 71.1 cm³/mol. The Morgan fingerprint density at radius 3 is 2.38 bits per heavy atom. The normalized spacial score (nSPS) is 14.1. The predicted octanol–water partition coefficient (Wildman–Crippen LogP) is -2.17. The zero-order chi connectivity index (χ0) is 16.6. The van der Waals surface area contributed by atoms with Crippen LogP contribution in [0.4, 0.5) is 0 Å². The maximum Gasteiger partial charge on any atom is 0.324 e. The molecule has 0 aromatic rings. The van der Waals surface area contributed by atoms with Crippen LogP contribution in [-0.4, -0.2) is 65.1 Å². The molecule has 0 aliphatic carbocycles. The zero-order valence-electron chi connectivity index (χ0n) is 12.0. The summed E-state index contributed by atoms with van der Waals surface area (Å²) < 4.78 is 4.60. The summed E-state index contributed by atoms with van der Waals surface area (Å²) in [6.07, 6.45) is -1.61. The Bertz CT molecular complexity index is 384. The van der Waals surface area contributed by atoms with Gasteiger partial charge in [0, 0.05) is 12.0 Å². The Labute approximate surface area is 122 Å². The summed E-state index contributed by atoms with van der Waals surface area (Å²) in [4.78, 5) is 33.2. The number of nitrogens with one attached hydrogen (secondary N) is 1. The highest BCUT2D eigenvalue weighted by atomic mass is 16.5. The largest absolute Gasteiger partial charge is 0.480 e. The number of aliphatic hydroxyl groups is 2. The number of hydrogen-bond acceptors (Lipinski definition) is 7. The lowest BCUT2D eigenvalue weighted by Gasteiger charge is -2.27. The molecule has 0 aromatic carbocycles. The van der Waals surface area contributed by atoms with Gasteiger partial charge in [-0.3, -0.25) is 14.4 Å². The van der Waals surface area contributed by atoms with E-state index in [0.29, 0.717) is 0 Å². The van der Waals surface area contributed by atoms with Crippen molar-refractivity contribution >= 4 is 17.8 Å². The van der Waals surface area contributed by atoms with Crippen LogP contribution in [0.25, 0.3) is 0 Å². The first-order chi connectivity index (χ1) is 9.61. The second kappa shape index (κ2) is 8.55. The maximum absolute atomic E-state index is 11.6. The van der Waals surface area contributed by atoms with E-state index in [1.807, 2.05) is 0 Å². The van der Waals surface area contributed by atoms with Crippen molar-refractivity contribution in [2.75, 3.05) is 19.8 Å². The summed E-state index contributed by atoms with van der Waals surface area (Å²) in [6, 6.07) is -1.30. The third-order valence-electron chi connectivity index (χ3n) is 2.77. The van der Waals surface area contributed by atoms with Crippen molar-refractivity contribution in [1.82, 2.24) is 5.32 Å². The van der Waals surface area contributed by atoms with Crippen LogP contribution in [0.1, 0.15) is 20.3 Å². The van der Waals surface area contributed by atoms with E-state index in [1.165, 1.54) is 13.8 Å². The Hall–Kier alpha value is -1.71. The van der Waals surface area contributed by atoms with Crippen LogP contribution in [0.5, 0.6) is 0 Å². The van der Waals surface area contributed by atoms with Crippen molar-refractivity contribution < 1.29 is 34.4 Å². The lowest BCUT2D eigenvalue weighted by Crippen LogP contribution is -2.46. The monoisotopic (exact) mass is 306 g/mol. The Morgan fingerprint density at radius 2 is 1.90 bits per heavy atom. The molecular formula is C12H22N2O7. The first kappa shape index (κ1) is 19.3. The lowest BCUT2D eigenvalue weighted by molar-refractivity contribution is -0.147. The van der Waals surface area contributed by atoms with E-state index in [4.69, 9.17) is 15.9 Å². The van der Waals surface area contributed by atoms with Gasteiger partial charge in [-0.2, -0.15) is 0 Å². The quantitative estimate of drug-likeness (QED) is 0.301. The van der Waals surface area contributed by atoms with E-state index in [-0.39, 0.29) is 19.6 Å². The van der Waals surface area contributed by atoms with Gasteiger partial charge in [0.2, 0.25) is 5.91 Å². The van der Waals surface area contributed by atoms with Crippen LogP contribution in [0.15, 0.2) is 0 Å². The lowest BCUT2D eigenvalue weighted by atomic mass is 9.87. The molecule has 0 heterocycles. The Morgan fingerprint density at radius 1 is 1.33 bits per heavy atom. The van der Waals surface area contributed by atoms with Crippen molar-refractivity contribution in [2.45, 2.75) is 32.4 Å². The van der Waals surface area contributed by atoms with Gasteiger partial charge in [-0.1, -0.05) is 13.8 Å². The highest BCUT2D eigenvalue weighted by Crippen LogP contribution is 2.19. The fourth-order valence-electron chi connectivity index (χ4n) is 1.15. The molecule has 0 aromatic heterocycles. The molecule has 6 N–H and O–H groups in total. The summed E-state index contributed by atoms with van der Waals surface area (Å²) in [7, 11) is 0. The summed E-state index contributed by atoms with van der Waals surface area (Å²) in [5.41, 5.74) is 4.14. The van der Waals surface area contributed by atoms with Crippen molar-refractivity contribution in [1.29, 1.82) is 0 Å². The topological polar surface area (TPSA) is 159 Å². The molecule has 0 aliphatic rings. The second-order valence-corrected chi connectivity index (χ2v) is 5.22. The fourth-order valence-corrected chi connectivity index (χ4v) is 1.15. The molecule has 0 fully saturated rings. The molecule has 9 nitrogen and oxygen atoms in total. The van der Waals surface area contributed by atoms with Crippen LogP contribution in [-0.2, 0) is 19.1 Å². The van der Waals surface area contributed by atoms with Crippen LogP contribution in [0, 0.1) is 5.41 Å². The van der Waals surface area contributed by atoms with Crippen molar-refractivity contribution in [3.63, 3.8) is 0 Å². The van der Waals surface area contributed by atoms with E-state index in [9.17, 15) is 19.5 Å². The van der Waals surface area contributed by atoms with E-state index in [1.54, 1.807) is 0 Å². The highest BCUT2D eigenvalue weighted by Gasteiger charge is 2.32. The third-order valence-corrected chi connectivity index (χ3v) is 2.77. The molecule has 0 rings (SSSR count).